The van der Waals surface area contributed by atoms with Gasteiger partial charge in [-0.3, -0.25) is 4.79 Å². The van der Waals surface area contributed by atoms with Gasteiger partial charge in [0, 0.05) is 5.69 Å². The van der Waals surface area contributed by atoms with Crippen molar-refractivity contribution in [2.75, 3.05) is 10.7 Å². The normalized spacial score (nSPS) is 18.3. The molecule has 0 spiro atoms. The van der Waals surface area contributed by atoms with Crippen LogP contribution in [-0.2, 0) is 4.79 Å². The van der Waals surface area contributed by atoms with Crippen LogP contribution in [0.15, 0.2) is 47.6 Å². The zero-order valence-corrected chi connectivity index (χ0v) is 16.5. The molecule has 0 saturated heterocycles. The van der Waals surface area contributed by atoms with Gasteiger partial charge in [-0.2, -0.15) is 0 Å². The second-order valence-corrected chi connectivity index (χ2v) is 7.91. The van der Waals surface area contributed by atoms with Gasteiger partial charge in [-0.05, 0) is 55.7 Å². The van der Waals surface area contributed by atoms with Crippen molar-refractivity contribution in [2.24, 2.45) is 0 Å². The molecule has 8 heteroatoms. The van der Waals surface area contributed by atoms with E-state index in [1.165, 1.54) is 23.9 Å². The van der Waals surface area contributed by atoms with Crippen LogP contribution in [0.25, 0.3) is 0 Å². The van der Waals surface area contributed by atoms with Crippen molar-refractivity contribution in [1.29, 1.82) is 0 Å². The molecule has 4 rings (SSSR count). The number of fused-ring (bicyclic) bond motifs is 1. The molecule has 0 radical (unpaired) electrons. The van der Waals surface area contributed by atoms with Gasteiger partial charge in [0.2, 0.25) is 11.1 Å². The third-order valence-corrected chi connectivity index (χ3v) is 6.16. The van der Waals surface area contributed by atoms with Crippen LogP contribution in [0, 0.1) is 26.6 Å². The SMILES string of the molecule is Cc1cccc(NC(=O)[C@@H]2Sc3nnc(C)n3N[C@H]2c2ccc(F)cc2)c1C. The number of rotatable bonds is 3. The number of nitrogens with zero attached hydrogens (tertiary/aromatic N) is 3. The van der Waals surface area contributed by atoms with E-state index in [0.717, 1.165) is 22.4 Å². The summed E-state index contributed by atoms with van der Waals surface area (Å²) in [7, 11) is 0. The molecule has 2 N–H and O–H groups in total. The van der Waals surface area contributed by atoms with Crippen LogP contribution in [-0.4, -0.2) is 26.0 Å². The van der Waals surface area contributed by atoms with Gasteiger partial charge >= 0.3 is 0 Å². The van der Waals surface area contributed by atoms with Gasteiger partial charge in [-0.25, -0.2) is 9.07 Å². The lowest BCUT2D eigenvalue weighted by Gasteiger charge is -2.32. The Bertz CT molecular complexity index is 1030. The number of benzene rings is 2. The van der Waals surface area contributed by atoms with Gasteiger partial charge < -0.3 is 10.7 Å². The van der Waals surface area contributed by atoms with Gasteiger partial charge in [0.1, 0.15) is 16.9 Å². The Labute approximate surface area is 166 Å². The summed E-state index contributed by atoms with van der Waals surface area (Å²) in [6.45, 7) is 5.82. The molecule has 144 valence electrons. The van der Waals surface area contributed by atoms with Gasteiger partial charge in [0.25, 0.3) is 0 Å². The van der Waals surface area contributed by atoms with Crippen LogP contribution in [0.3, 0.4) is 0 Å². The molecule has 3 aromatic rings. The van der Waals surface area contributed by atoms with Gasteiger partial charge in [0.05, 0.1) is 6.04 Å². The summed E-state index contributed by atoms with van der Waals surface area (Å²) in [6.07, 6.45) is 0. The topological polar surface area (TPSA) is 71.8 Å². The Morgan fingerprint density at radius 1 is 1.14 bits per heavy atom. The van der Waals surface area contributed by atoms with Crippen molar-refractivity contribution < 1.29 is 9.18 Å². The van der Waals surface area contributed by atoms with E-state index < -0.39 is 5.25 Å². The molecule has 1 aromatic heterocycles. The van der Waals surface area contributed by atoms with E-state index in [1.807, 2.05) is 39.0 Å². The fourth-order valence-electron chi connectivity index (χ4n) is 3.17. The summed E-state index contributed by atoms with van der Waals surface area (Å²) in [4.78, 5) is 13.2. The number of thioether (sulfide) groups is 1. The maximum atomic E-state index is 13.4. The van der Waals surface area contributed by atoms with Crippen molar-refractivity contribution in [1.82, 2.24) is 14.9 Å². The number of amides is 1. The standard InChI is InChI=1S/C20H20FN5OS/c1-11-5-4-6-16(12(11)2)22-19(27)18-17(14-7-9-15(21)10-8-14)25-26-13(3)23-24-20(26)28-18/h4-10,17-18,25H,1-3H3,(H,22,27)/t17-,18+/m0/s1. The second-order valence-electron chi connectivity index (χ2n) is 6.80. The molecular formula is C20H20FN5OS. The lowest BCUT2D eigenvalue weighted by molar-refractivity contribution is -0.116. The summed E-state index contributed by atoms with van der Waals surface area (Å²) in [5.41, 5.74) is 7.05. The van der Waals surface area contributed by atoms with E-state index in [0.29, 0.717) is 11.0 Å². The highest BCUT2D eigenvalue weighted by atomic mass is 32.2. The van der Waals surface area contributed by atoms with Crippen LogP contribution in [0.1, 0.15) is 28.6 Å². The number of carbonyl (C=O) groups is 1. The maximum Gasteiger partial charge on any atom is 0.240 e. The molecule has 1 aliphatic heterocycles. The Kier molecular flexibility index (Phi) is 4.80. The molecule has 2 aromatic carbocycles. The summed E-state index contributed by atoms with van der Waals surface area (Å²) in [6, 6.07) is 11.6. The largest absolute Gasteiger partial charge is 0.325 e. The summed E-state index contributed by atoms with van der Waals surface area (Å²) < 4.78 is 15.2. The minimum Gasteiger partial charge on any atom is -0.325 e. The van der Waals surface area contributed by atoms with E-state index >= 15 is 0 Å². The molecule has 28 heavy (non-hydrogen) atoms. The van der Waals surface area contributed by atoms with Crippen molar-refractivity contribution in [3.05, 3.63) is 70.8 Å². The van der Waals surface area contributed by atoms with Crippen LogP contribution >= 0.6 is 11.8 Å². The Morgan fingerprint density at radius 3 is 2.64 bits per heavy atom. The molecule has 6 nitrogen and oxygen atoms in total. The highest BCUT2D eigenvalue weighted by Crippen LogP contribution is 2.37. The first-order chi connectivity index (χ1) is 13.4. The molecule has 0 fully saturated rings. The Hall–Kier alpha value is -2.87. The fourth-order valence-corrected chi connectivity index (χ4v) is 4.30. The third kappa shape index (κ3) is 3.35. The zero-order valence-electron chi connectivity index (χ0n) is 15.7. The zero-order chi connectivity index (χ0) is 19.8. The lowest BCUT2D eigenvalue weighted by atomic mass is 10.0. The molecule has 0 saturated carbocycles. The molecule has 0 unspecified atom stereocenters. The molecule has 2 heterocycles. The number of aromatic nitrogens is 3. The Balaban J connectivity index is 1.68. The predicted octanol–water partition coefficient (Wildman–Crippen LogP) is 3.74. The van der Waals surface area contributed by atoms with Gasteiger partial charge in [-0.1, -0.05) is 36.0 Å². The summed E-state index contributed by atoms with van der Waals surface area (Å²) in [5.74, 6) is 0.236. The lowest BCUT2D eigenvalue weighted by Crippen LogP contribution is -2.41. The Morgan fingerprint density at radius 2 is 1.89 bits per heavy atom. The summed E-state index contributed by atoms with van der Waals surface area (Å²) in [5, 5.41) is 11.4. The number of halogens is 1. The predicted molar refractivity (Wildman–Crippen MR) is 107 cm³/mol. The number of hydrogen-bond donors (Lipinski definition) is 2. The highest BCUT2D eigenvalue weighted by Gasteiger charge is 2.37. The minimum atomic E-state index is -0.499. The molecule has 0 bridgehead atoms. The highest BCUT2D eigenvalue weighted by molar-refractivity contribution is 8.00. The van der Waals surface area contributed by atoms with E-state index in [1.54, 1.807) is 16.8 Å². The molecule has 1 amide bonds. The first kappa shape index (κ1) is 18.5. The fraction of sp³-hybridized carbons (Fsp3) is 0.250. The van der Waals surface area contributed by atoms with E-state index in [9.17, 15) is 9.18 Å². The van der Waals surface area contributed by atoms with Crippen molar-refractivity contribution in [3.63, 3.8) is 0 Å². The average Bonchev–Trinajstić information content (AvgIpc) is 3.05. The number of nitrogens with one attached hydrogen (secondary N) is 2. The number of anilines is 1. The van der Waals surface area contributed by atoms with E-state index in [2.05, 4.69) is 20.9 Å². The van der Waals surface area contributed by atoms with Gasteiger partial charge in [0.15, 0.2) is 0 Å². The van der Waals surface area contributed by atoms with E-state index in [4.69, 9.17) is 0 Å². The quantitative estimate of drug-likeness (QED) is 0.704. The minimum absolute atomic E-state index is 0.146. The van der Waals surface area contributed by atoms with E-state index in [-0.39, 0.29) is 17.8 Å². The van der Waals surface area contributed by atoms with Crippen LogP contribution in [0.2, 0.25) is 0 Å². The second kappa shape index (κ2) is 7.27. The monoisotopic (exact) mass is 397 g/mol. The van der Waals surface area contributed by atoms with Crippen LogP contribution < -0.4 is 10.7 Å². The number of aryl methyl sites for hydroxylation is 2. The molecule has 0 aliphatic carbocycles. The smallest absolute Gasteiger partial charge is 0.240 e. The average molecular weight is 397 g/mol. The van der Waals surface area contributed by atoms with Crippen molar-refractivity contribution in [2.45, 2.75) is 37.2 Å². The van der Waals surface area contributed by atoms with Crippen LogP contribution in [0.5, 0.6) is 0 Å². The third-order valence-electron chi connectivity index (χ3n) is 4.95. The number of hydrogen-bond acceptors (Lipinski definition) is 5. The summed E-state index contributed by atoms with van der Waals surface area (Å²) >= 11 is 1.34. The molecule has 1 aliphatic rings. The first-order valence-corrected chi connectivity index (χ1v) is 9.80. The van der Waals surface area contributed by atoms with Crippen molar-refractivity contribution in [3.8, 4) is 0 Å². The first-order valence-electron chi connectivity index (χ1n) is 8.92. The van der Waals surface area contributed by atoms with Gasteiger partial charge in [-0.15, -0.1) is 10.2 Å². The molecule has 2 atom stereocenters. The van der Waals surface area contributed by atoms with Crippen molar-refractivity contribution >= 4 is 23.4 Å². The molecular weight excluding hydrogens is 377 g/mol. The number of carbonyl (C=O) groups excluding carboxylic acids is 1. The maximum absolute atomic E-state index is 13.4. The van der Waals surface area contributed by atoms with Crippen LogP contribution in [0.4, 0.5) is 10.1 Å².